The van der Waals surface area contributed by atoms with Crippen molar-refractivity contribution >= 4 is 12.4 Å². The Balaban J connectivity index is 0.000000351. The third kappa shape index (κ3) is 8.08. The molecule has 0 aromatic heterocycles. The van der Waals surface area contributed by atoms with Crippen molar-refractivity contribution in [2.45, 2.75) is 32.9 Å². The maximum Gasteiger partial charge on any atom is 0.337 e. The highest BCUT2D eigenvalue weighted by Gasteiger charge is 2.11. The summed E-state index contributed by atoms with van der Waals surface area (Å²) in [5.74, 6) is -0.271. The highest BCUT2D eigenvalue weighted by atomic mass is 16.5. The highest BCUT2D eigenvalue weighted by molar-refractivity contribution is 5.89. The van der Waals surface area contributed by atoms with Crippen molar-refractivity contribution in [3.63, 3.8) is 0 Å². The van der Waals surface area contributed by atoms with Gasteiger partial charge in [-0.1, -0.05) is 12.1 Å². The number of esters is 1. The van der Waals surface area contributed by atoms with Crippen LogP contribution in [0.1, 0.15) is 36.7 Å². The second kappa shape index (κ2) is 10.1. The Hall–Kier alpha value is -1.92. The van der Waals surface area contributed by atoms with Crippen LogP contribution in [0, 0.1) is 0 Å². The van der Waals surface area contributed by atoms with Crippen molar-refractivity contribution < 1.29 is 19.1 Å². The number of ether oxygens (including phenoxy) is 2. The molecule has 0 bridgehead atoms. The predicted molar refractivity (Wildman–Crippen MR) is 92.8 cm³/mol. The van der Waals surface area contributed by atoms with E-state index in [0.29, 0.717) is 12.0 Å². The van der Waals surface area contributed by atoms with Crippen LogP contribution in [0.25, 0.3) is 0 Å². The Kier molecular flexibility index (Phi) is 8.43. The van der Waals surface area contributed by atoms with Crippen LogP contribution in [0.5, 0.6) is 0 Å². The van der Waals surface area contributed by atoms with Gasteiger partial charge in [-0.15, -0.1) is 0 Å². The summed E-state index contributed by atoms with van der Waals surface area (Å²) in [4.78, 5) is 23.4. The van der Waals surface area contributed by atoms with Crippen LogP contribution in [0.3, 0.4) is 0 Å². The lowest BCUT2D eigenvalue weighted by molar-refractivity contribution is -0.138. The molecule has 6 nitrogen and oxygen atoms in total. The van der Waals surface area contributed by atoms with Gasteiger partial charge in [0.25, 0.3) is 6.47 Å². The van der Waals surface area contributed by atoms with Gasteiger partial charge >= 0.3 is 5.97 Å². The van der Waals surface area contributed by atoms with Gasteiger partial charge < -0.3 is 14.8 Å². The third-order valence-electron chi connectivity index (χ3n) is 3.37. The van der Waals surface area contributed by atoms with Gasteiger partial charge in [-0.2, -0.15) is 0 Å². The number of piperazine rings is 1. The fourth-order valence-corrected chi connectivity index (χ4v) is 2.19. The summed E-state index contributed by atoms with van der Waals surface area (Å²) < 4.78 is 9.27. The van der Waals surface area contributed by atoms with E-state index in [0.717, 1.165) is 38.3 Å². The van der Waals surface area contributed by atoms with Gasteiger partial charge in [-0.25, -0.2) is 4.79 Å². The lowest BCUT2D eigenvalue weighted by Gasteiger charge is -2.27. The smallest absolute Gasteiger partial charge is 0.337 e. The molecule has 1 heterocycles. The molecule has 0 radical (unpaired) electrons. The number of carbonyl (C=O) groups excluding carboxylic acids is 2. The molecule has 1 saturated heterocycles. The maximum absolute atomic E-state index is 11.4. The average Bonchev–Trinajstić information content (AvgIpc) is 2.55. The average molecular weight is 336 g/mol. The van der Waals surface area contributed by atoms with Crippen LogP contribution in [0.2, 0.25) is 0 Å². The van der Waals surface area contributed by atoms with Gasteiger partial charge in [0.2, 0.25) is 0 Å². The normalized spacial score (nSPS) is 15.0. The number of carbonyl (C=O) groups is 2. The molecule has 0 saturated carbocycles. The molecule has 6 heteroatoms. The monoisotopic (exact) mass is 336 g/mol. The Morgan fingerprint density at radius 2 is 1.96 bits per heavy atom. The lowest BCUT2D eigenvalue weighted by Crippen LogP contribution is -2.42. The molecule has 1 fully saturated rings. The number of rotatable bonds is 4. The second-order valence-corrected chi connectivity index (χ2v) is 6.54. The Bertz CT molecular complexity index is 520. The topological polar surface area (TPSA) is 67.9 Å². The van der Waals surface area contributed by atoms with Crippen LogP contribution in [-0.2, 0) is 20.8 Å². The van der Waals surface area contributed by atoms with Gasteiger partial charge in [-0.3, -0.25) is 9.69 Å². The van der Waals surface area contributed by atoms with Crippen molar-refractivity contribution in [2.75, 3.05) is 33.3 Å². The van der Waals surface area contributed by atoms with Crippen LogP contribution >= 0.6 is 0 Å². The van der Waals surface area contributed by atoms with Gasteiger partial charge in [0.15, 0.2) is 0 Å². The quantitative estimate of drug-likeness (QED) is 0.668. The summed E-state index contributed by atoms with van der Waals surface area (Å²) in [6.45, 7) is 11.0. The first kappa shape index (κ1) is 20.1. The molecule has 134 valence electrons. The second-order valence-electron chi connectivity index (χ2n) is 6.54. The Labute approximate surface area is 144 Å². The van der Waals surface area contributed by atoms with Crippen molar-refractivity contribution in [3.05, 3.63) is 35.4 Å². The molecule has 0 aliphatic carbocycles. The molecule has 1 aromatic rings. The molecule has 1 aromatic carbocycles. The Morgan fingerprint density at radius 1 is 1.29 bits per heavy atom. The standard InChI is InChI=1S/C13H18N2O2.C5H10O2/c1-17-13(16)12-4-2-3-11(9-12)10-15-7-5-14-6-8-15;1-5(2,3)7-4-6/h2-4,9,14H,5-8,10H2,1H3;4H,1-3H3. The molecule has 0 amide bonds. The first-order valence-corrected chi connectivity index (χ1v) is 8.07. The summed E-state index contributed by atoms with van der Waals surface area (Å²) in [6, 6.07) is 7.65. The Morgan fingerprint density at radius 3 is 2.46 bits per heavy atom. The largest absolute Gasteiger partial charge is 0.465 e. The molecule has 24 heavy (non-hydrogen) atoms. The third-order valence-corrected chi connectivity index (χ3v) is 3.37. The van der Waals surface area contributed by atoms with Gasteiger partial charge in [0.1, 0.15) is 5.60 Å². The number of nitrogens with zero attached hydrogens (tertiary/aromatic N) is 1. The van der Waals surface area contributed by atoms with Gasteiger partial charge in [0.05, 0.1) is 12.7 Å². The van der Waals surface area contributed by atoms with E-state index in [4.69, 9.17) is 4.74 Å². The molecule has 2 rings (SSSR count). The summed E-state index contributed by atoms with van der Waals surface area (Å²) in [6.07, 6.45) is 0. The number of benzene rings is 1. The summed E-state index contributed by atoms with van der Waals surface area (Å²) >= 11 is 0. The predicted octanol–water partition coefficient (Wildman–Crippen LogP) is 1.84. The van der Waals surface area contributed by atoms with E-state index in [1.165, 1.54) is 7.11 Å². The zero-order valence-electron chi connectivity index (χ0n) is 15.0. The molecular weight excluding hydrogens is 308 g/mol. The van der Waals surface area contributed by atoms with Crippen molar-refractivity contribution in [1.29, 1.82) is 0 Å². The van der Waals surface area contributed by atoms with Crippen LogP contribution < -0.4 is 5.32 Å². The van der Waals surface area contributed by atoms with E-state index in [-0.39, 0.29) is 11.6 Å². The lowest BCUT2D eigenvalue weighted by atomic mass is 10.1. The maximum atomic E-state index is 11.4. The first-order chi connectivity index (χ1) is 11.4. The van der Waals surface area contributed by atoms with E-state index in [1.54, 1.807) is 6.07 Å². The molecule has 1 aliphatic heterocycles. The van der Waals surface area contributed by atoms with Gasteiger partial charge in [-0.05, 0) is 38.5 Å². The van der Waals surface area contributed by atoms with Crippen LogP contribution in [0.15, 0.2) is 24.3 Å². The van der Waals surface area contributed by atoms with E-state index in [1.807, 2.05) is 32.9 Å². The molecule has 0 unspecified atom stereocenters. The molecule has 0 spiro atoms. The zero-order chi connectivity index (χ0) is 18.0. The number of hydrogen-bond donors (Lipinski definition) is 1. The SMILES string of the molecule is CC(C)(C)OC=O.COC(=O)c1cccc(CN2CCNCC2)c1. The van der Waals surface area contributed by atoms with E-state index < -0.39 is 0 Å². The fraction of sp³-hybridized carbons (Fsp3) is 0.556. The van der Waals surface area contributed by atoms with Crippen LogP contribution in [0.4, 0.5) is 0 Å². The van der Waals surface area contributed by atoms with Crippen LogP contribution in [-0.4, -0.2) is 56.2 Å². The summed E-state index contributed by atoms with van der Waals surface area (Å²) in [5.41, 5.74) is 1.47. The molecule has 1 aliphatic rings. The van der Waals surface area contributed by atoms with Gasteiger partial charge in [0, 0.05) is 32.7 Å². The van der Waals surface area contributed by atoms with E-state index in [2.05, 4.69) is 21.0 Å². The van der Waals surface area contributed by atoms with E-state index >= 15 is 0 Å². The minimum atomic E-state index is -0.318. The zero-order valence-corrected chi connectivity index (χ0v) is 15.0. The fourth-order valence-electron chi connectivity index (χ4n) is 2.19. The van der Waals surface area contributed by atoms with E-state index in [9.17, 15) is 9.59 Å². The number of nitrogens with one attached hydrogen (secondary N) is 1. The molecule has 1 N–H and O–H groups in total. The van der Waals surface area contributed by atoms with Crippen molar-refractivity contribution in [2.24, 2.45) is 0 Å². The minimum Gasteiger partial charge on any atom is -0.465 e. The van der Waals surface area contributed by atoms with Crippen molar-refractivity contribution in [1.82, 2.24) is 10.2 Å². The summed E-state index contributed by atoms with van der Waals surface area (Å²) in [5, 5.41) is 3.32. The highest BCUT2D eigenvalue weighted by Crippen LogP contribution is 2.10. The molecule has 0 atom stereocenters. The minimum absolute atomic E-state index is 0.271. The number of methoxy groups -OCH3 is 1. The first-order valence-electron chi connectivity index (χ1n) is 8.07. The van der Waals surface area contributed by atoms with Crippen molar-refractivity contribution in [3.8, 4) is 0 Å². The molecular formula is C18H28N2O4. The summed E-state index contributed by atoms with van der Waals surface area (Å²) in [7, 11) is 1.41. The number of hydrogen-bond acceptors (Lipinski definition) is 6.